The molecule has 0 radical (unpaired) electrons. The van der Waals surface area contributed by atoms with E-state index in [0.29, 0.717) is 21.2 Å². The van der Waals surface area contributed by atoms with E-state index >= 15 is 0 Å². The molecule has 76 valence electrons. The van der Waals surface area contributed by atoms with Gasteiger partial charge in [-0.3, -0.25) is 4.40 Å². The molecular formula is C10H8N2O2S. The fourth-order valence-corrected chi connectivity index (χ4v) is 2.55. The summed E-state index contributed by atoms with van der Waals surface area (Å²) in [5.41, 5.74) is 2.06. The number of hydrogen-bond donors (Lipinski definition) is 1. The van der Waals surface area contributed by atoms with Crippen molar-refractivity contribution in [3.8, 4) is 12.3 Å². The molecule has 0 spiro atoms. The third-order valence-corrected chi connectivity index (χ3v) is 3.40. The van der Waals surface area contributed by atoms with Gasteiger partial charge in [0.15, 0.2) is 4.96 Å². The number of thiazole rings is 1. The van der Waals surface area contributed by atoms with Crippen molar-refractivity contribution in [2.75, 3.05) is 0 Å². The molecule has 1 N–H and O–H groups in total. The van der Waals surface area contributed by atoms with Gasteiger partial charge in [0.2, 0.25) is 0 Å². The number of nitrogens with zero attached hydrogens (tertiary/aromatic N) is 2. The van der Waals surface area contributed by atoms with Crippen LogP contribution in [-0.4, -0.2) is 20.5 Å². The molecule has 0 atom stereocenters. The number of aromatic carboxylic acids is 1. The van der Waals surface area contributed by atoms with E-state index in [0.717, 1.165) is 17.0 Å². The van der Waals surface area contributed by atoms with Crippen LogP contribution in [0.1, 0.15) is 26.8 Å². The lowest BCUT2D eigenvalue weighted by molar-refractivity contribution is 0.0701. The van der Waals surface area contributed by atoms with Crippen LogP contribution in [0.2, 0.25) is 0 Å². The Bertz CT molecular complexity index is 601. The summed E-state index contributed by atoms with van der Waals surface area (Å²) in [6.07, 6.45) is 5.28. The van der Waals surface area contributed by atoms with Crippen LogP contribution in [0.4, 0.5) is 0 Å². The van der Waals surface area contributed by atoms with E-state index in [-0.39, 0.29) is 0 Å². The van der Waals surface area contributed by atoms with E-state index in [1.807, 2.05) is 6.92 Å². The lowest BCUT2D eigenvalue weighted by atomic mass is 10.3. The van der Waals surface area contributed by atoms with Gasteiger partial charge in [-0.15, -0.1) is 6.42 Å². The Balaban J connectivity index is 2.84. The molecule has 0 aliphatic carbocycles. The van der Waals surface area contributed by atoms with Crippen LogP contribution in [0.25, 0.3) is 4.96 Å². The average Bonchev–Trinajstić information content (AvgIpc) is 2.65. The largest absolute Gasteiger partial charge is 0.477 e. The summed E-state index contributed by atoms with van der Waals surface area (Å²) in [5, 5.41) is 8.93. The van der Waals surface area contributed by atoms with Crippen LogP contribution in [0.5, 0.6) is 0 Å². The zero-order valence-corrected chi connectivity index (χ0v) is 9.05. The number of rotatable bonds is 1. The molecule has 0 aliphatic heterocycles. The van der Waals surface area contributed by atoms with Gasteiger partial charge >= 0.3 is 5.97 Å². The predicted octanol–water partition coefficient (Wildman–Crippen LogP) is 1.69. The summed E-state index contributed by atoms with van der Waals surface area (Å²) >= 11 is 1.14. The number of carboxylic acid groups (broad SMARTS) is 1. The normalized spacial score (nSPS) is 10.5. The molecule has 2 aromatic rings. The molecule has 0 amide bonds. The molecular weight excluding hydrogens is 212 g/mol. The number of carbonyl (C=O) groups is 1. The van der Waals surface area contributed by atoms with Gasteiger partial charge in [0, 0.05) is 5.69 Å². The second-order valence-electron chi connectivity index (χ2n) is 3.13. The maximum Gasteiger partial charge on any atom is 0.347 e. The summed E-state index contributed by atoms with van der Waals surface area (Å²) in [6.45, 7) is 3.59. The van der Waals surface area contributed by atoms with E-state index in [1.54, 1.807) is 11.3 Å². The minimum atomic E-state index is -0.926. The molecule has 2 rings (SSSR count). The maximum atomic E-state index is 10.9. The molecule has 0 aliphatic rings. The zero-order valence-electron chi connectivity index (χ0n) is 8.24. The minimum Gasteiger partial charge on any atom is -0.477 e. The van der Waals surface area contributed by atoms with Crippen molar-refractivity contribution >= 4 is 22.3 Å². The smallest absolute Gasteiger partial charge is 0.347 e. The molecule has 0 aromatic carbocycles. The molecule has 15 heavy (non-hydrogen) atoms. The van der Waals surface area contributed by atoms with Crippen molar-refractivity contribution in [3.05, 3.63) is 22.0 Å². The summed E-state index contributed by atoms with van der Waals surface area (Å²) in [5.74, 6) is 1.55. The average molecular weight is 220 g/mol. The van der Waals surface area contributed by atoms with Crippen molar-refractivity contribution in [2.24, 2.45) is 0 Å². The fourth-order valence-electron chi connectivity index (χ4n) is 1.54. The van der Waals surface area contributed by atoms with Gasteiger partial charge in [0.05, 0.1) is 5.69 Å². The number of imidazole rings is 1. The summed E-state index contributed by atoms with van der Waals surface area (Å²) in [4.78, 5) is 16.0. The van der Waals surface area contributed by atoms with Crippen LogP contribution in [-0.2, 0) is 0 Å². The highest BCUT2D eigenvalue weighted by molar-refractivity contribution is 7.19. The zero-order chi connectivity index (χ0) is 11.2. The Labute approximate surface area is 90.2 Å². The number of fused-ring (bicyclic) bond motifs is 1. The monoisotopic (exact) mass is 220 g/mol. The summed E-state index contributed by atoms with van der Waals surface area (Å²) in [6, 6.07) is 0. The number of terminal acetylenes is 1. The first kappa shape index (κ1) is 9.74. The number of hydrogen-bond acceptors (Lipinski definition) is 3. The summed E-state index contributed by atoms with van der Waals surface area (Å²) < 4.78 is 1.78. The van der Waals surface area contributed by atoms with Gasteiger partial charge < -0.3 is 5.11 Å². The fraction of sp³-hybridized carbons (Fsp3) is 0.200. The van der Waals surface area contributed by atoms with E-state index in [4.69, 9.17) is 11.5 Å². The predicted molar refractivity (Wildman–Crippen MR) is 57.4 cm³/mol. The number of aryl methyl sites for hydroxylation is 2. The van der Waals surface area contributed by atoms with E-state index in [1.165, 1.54) is 0 Å². The van der Waals surface area contributed by atoms with Crippen molar-refractivity contribution in [2.45, 2.75) is 13.8 Å². The number of aromatic nitrogens is 2. The molecule has 2 aromatic heterocycles. The highest BCUT2D eigenvalue weighted by atomic mass is 32.1. The quantitative estimate of drug-likeness (QED) is 0.744. The van der Waals surface area contributed by atoms with Gasteiger partial charge in [-0.05, 0) is 19.8 Å². The Morgan fingerprint density at radius 2 is 2.20 bits per heavy atom. The maximum absolute atomic E-state index is 10.9. The van der Waals surface area contributed by atoms with E-state index in [2.05, 4.69) is 10.9 Å². The first-order chi connectivity index (χ1) is 7.06. The third-order valence-electron chi connectivity index (χ3n) is 2.27. The van der Waals surface area contributed by atoms with Gasteiger partial charge in [-0.25, -0.2) is 9.78 Å². The van der Waals surface area contributed by atoms with E-state index in [9.17, 15) is 4.79 Å². The van der Waals surface area contributed by atoms with Crippen LogP contribution >= 0.6 is 11.3 Å². The van der Waals surface area contributed by atoms with Gasteiger partial charge in [0.1, 0.15) is 10.6 Å². The molecule has 4 nitrogen and oxygen atoms in total. The van der Waals surface area contributed by atoms with Gasteiger partial charge in [0.25, 0.3) is 0 Å². The Hall–Kier alpha value is -1.80. The lowest BCUT2D eigenvalue weighted by Gasteiger charge is -1.95. The third kappa shape index (κ3) is 1.22. The second kappa shape index (κ2) is 3.11. The molecule has 5 heteroatoms. The van der Waals surface area contributed by atoms with Crippen LogP contribution in [0, 0.1) is 26.2 Å². The van der Waals surface area contributed by atoms with Crippen molar-refractivity contribution in [3.63, 3.8) is 0 Å². The summed E-state index contributed by atoms with van der Waals surface area (Å²) in [7, 11) is 0. The highest BCUT2D eigenvalue weighted by Gasteiger charge is 2.18. The number of carboxylic acids is 1. The first-order valence-electron chi connectivity index (χ1n) is 4.24. The second-order valence-corrected chi connectivity index (χ2v) is 4.11. The van der Waals surface area contributed by atoms with Crippen LogP contribution < -0.4 is 0 Å². The molecule has 0 bridgehead atoms. The molecule has 0 fully saturated rings. The lowest BCUT2D eigenvalue weighted by Crippen LogP contribution is -1.98. The SMILES string of the molecule is C#Cc1nc2sc(C(=O)O)c(C)n2c1C. The van der Waals surface area contributed by atoms with E-state index < -0.39 is 5.97 Å². The van der Waals surface area contributed by atoms with Crippen LogP contribution in [0.15, 0.2) is 0 Å². The van der Waals surface area contributed by atoms with Gasteiger partial charge in [-0.2, -0.15) is 0 Å². The molecule has 0 saturated carbocycles. The topological polar surface area (TPSA) is 54.6 Å². The van der Waals surface area contributed by atoms with Crippen molar-refractivity contribution in [1.82, 2.24) is 9.38 Å². The van der Waals surface area contributed by atoms with Crippen molar-refractivity contribution < 1.29 is 9.90 Å². The molecule has 0 saturated heterocycles. The van der Waals surface area contributed by atoms with Crippen LogP contribution in [0.3, 0.4) is 0 Å². The van der Waals surface area contributed by atoms with Gasteiger partial charge in [-0.1, -0.05) is 11.3 Å². The molecule has 0 unspecified atom stereocenters. The first-order valence-corrected chi connectivity index (χ1v) is 5.06. The Morgan fingerprint density at radius 1 is 1.53 bits per heavy atom. The molecule has 2 heterocycles. The minimum absolute atomic E-state index is 0.309. The Morgan fingerprint density at radius 3 is 2.67 bits per heavy atom. The highest BCUT2D eigenvalue weighted by Crippen LogP contribution is 2.25. The Kier molecular flexibility index (Phi) is 2.02. The standard InChI is InChI=1S/C10H8N2O2S/c1-4-7-5(2)12-6(3)8(9(13)14)15-10(12)11-7/h1H,2-3H3,(H,13,14). The van der Waals surface area contributed by atoms with Crippen molar-refractivity contribution in [1.29, 1.82) is 0 Å².